The van der Waals surface area contributed by atoms with Crippen LogP contribution in [0.15, 0.2) is 78.9 Å². The maximum absolute atomic E-state index is 11.9. The molecule has 0 bridgehead atoms. The number of benzene rings is 3. The van der Waals surface area contributed by atoms with Gasteiger partial charge < -0.3 is 19.5 Å². The Bertz CT molecular complexity index is 1520. The first-order valence-corrected chi connectivity index (χ1v) is 15.1. The third-order valence-electron chi connectivity index (χ3n) is 8.39. The standard InChI is InChI=1S/C37H42N2O4/c1-26-33(24-34(40)41)36(39-21-19-37(3,4)20-22-39)35(27(2)38-26)30-12-16-31(17-13-30)42-23-18-28-10-14-32(15-11-28)43-25-29-8-6-5-7-9-29/h5-17H,18-25H2,1-4H3,(H,40,41). The van der Waals surface area contributed by atoms with Crippen LogP contribution < -0.4 is 14.4 Å². The summed E-state index contributed by atoms with van der Waals surface area (Å²) in [5.74, 6) is 0.817. The second-order valence-electron chi connectivity index (χ2n) is 12.2. The summed E-state index contributed by atoms with van der Waals surface area (Å²) in [5.41, 5.74) is 8.20. The minimum atomic E-state index is -0.837. The van der Waals surface area contributed by atoms with E-state index in [4.69, 9.17) is 14.5 Å². The first kappa shape index (κ1) is 30.1. The summed E-state index contributed by atoms with van der Waals surface area (Å²) in [4.78, 5) is 19.0. The summed E-state index contributed by atoms with van der Waals surface area (Å²) in [6, 6.07) is 26.4. The van der Waals surface area contributed by atoms with E-state index in [1.807, 2.05) is 56.3 Å². The van der Waals surface area contributed by atoms with Crippen molar-refractivity contribution >= 4 is 11.7 Å². The third-order valence-corrected chi connectivity index (χ3v) is 8.39. The highest BCUT2D eigenvalue weighted by molar-refractivity contribution is 5.86. The van der Waals surface area contributed by atoms with Crippen molar-refractivity contribution in [2.24, 2.45) is 5.41 Å². The average molecular weight is 579 g/mol. The highest BCUT2D eigenvalue weighted by atomic mass is 16.5. The predicted molar refractivity (Wildman–Crippen MR) is 172 cm³/mol. The molecule has 0 spiro atoms. The van der Waals surface area contributed by atoms with Gasteiger partial charge in [0.15, 0.2) is 0 Å². The molecule has 0 amide bonds. The highest BCUT2D eigenvalue weighted by Crippen LogP contribution is 2.41. The highest BCUT2D eigenvalue weighted by Gasteiger charge is 2.30. The Morgan fingerprint density at radius 1 is 0.837 bits per heavy atom. The maximum Gasteiger partial charge on any atom is 0.307 e. The van der Waals surface area contributed by atoms with E-state index in [0.29, 0.717) is 13.2 Å². The van der Waals surface area contributed by atoms with Crippen molar-refractivity contribution in [3.05, 3.63) is 107 Å². The summed E-state index contributed by atoms with van der Waals surface area (Å²) >= 11 is 0. The van der Waals surface area contributed by atoms with Crippen LogP contribution in [0.3, 0.4) is 0 Å². The molecule has 1 fully saturated rings. The van der Waals surface area contributed by atoms with E-state index in [9.17, 15) is 9.90 Å². The zero-order valence-corrected chi connectivity index (χ0v) is 25.7. The maximum atomic E-state index is 11.9. The summed E-state index contributed by atoms with van der Waals surface area (Å²) in [7, 11) is 0. The number of ether oxygens (including phenoxy) is 2. The van der Waals surface area contributed by atoms with Gasteiger partial charge >= 0.3 is 5.97 Å². The van der Waals surface area contributed by atoms with Gasteiger partial charge in [-0.1, -0.05) is 68.4 Å². The molecule has 1 N–H and O–H groups in total. The van der Waals surface area contributed by atoms with Crippen LogP contribution in [0.25, 0.3) is 11.1 Å². The van der Waals surface area contributed by atoms with E-state index in [1.54, 1.807) is 0 Å². The van der Waals surface area contributed by atoms with Gasteiger partial charge in [0.25, 0.3) is 0 Å². The molecule has 0 unspecified atom stereocenters. The monoisotopic (exact) mass is 578 g/mol. The van der Waals surface area contributed by atoms with Gasteiger partial charge in [-0.05, 0) is 73.1 Å². The molecule has 0 saturated carbocycles. The number of pyridine rings is 1. The van der Waals surface area contributed by atoms with Crippen LogP contribution in [0.5, 0.6) is 11.5 Å². The Balaban J connectivity index is 1.26. The lowest BCUT2D eigenvalue weighted by Crippen LogP contribution is -2.38. The zero-order valence-electron chi connectivity index (χ0n) is 25.7. The molecular formula is C37H42N2O4. The number of carboxylic acid groups (broad SMARTS) is 1. The van der Waals surface area contributed by atoms with Crippen LogP contribution in [0, 0.1) is 19.3 Å². The molecule has 1 saturated heterocycles. The van der Waals surface area contributed by atoms with Crippen LogP contribution in [-0.2, 0) is 24.2 Å². The Morgan fingerprint density at radius 2 is 1.47 bits per heavy atom. The lowest BCUT2D eigenvalue weighted by Gasteiger charge is -2.40. The van der Waals surface area contributed by atoms with Crippen molar-refractivity contribution in [3.8, 4) is 22.6 Å². The minimum Gasteiger partial charge on any atom is -0.493 e. The fourth-order valence-corrected chi connectivity index (χ4v) is 5.76. The molecule has 5 rings (SSSR count). The van der Waals surface area contributed by atoms with Gasteiger partial charge in [0.2, 0.25) is 0 Å². The summed E-state index contributed by atoms with van der Waals surface area (Å²) in [5, 5.41) is 9.74. The number of nitrogens with zero attached hydrogens (tertiary/aromatic N) is 2. The largest absolute Gasteiger partial charge is 0.493 e. The second-order valence-corrected chi connectivity index (χ2v) is 12.2. The fraction of sp³-hybridized carbons (Fsp3) is 0.351. The quantitative estimate of drug-likeness (QED) is 0.196. The van der Waals surface area contributed by atoms with E-state index in [1.165, 1.54) is 5.56 Å². The number of aromatic nitrogens is 1. The molecular weight excluding hydrogens is 536 g/mol. The van der Waals surface area contributed by atoms with Gasteiger partial charge in [0.05, 0.1) is 18.7 Å². The number of carboxylic acids is 1. The molecule has 1 aromatic heterocycles. The molecule has 0 aliphatic carbocycles. The lowest BCUT2D eigenvalue weighted by molar-refractivity contribution is -0.136. The predicted octanol–water partition coefficient (Wildman–Crippen LogP) is 7.82. The van der Waals surface area contributed by atoms with Crippen molar-refractivity contribution < 1.29 is 19.4 Å². The Hall–Kier alpha value is -4.32. The zero-order chi connectivity index (χ0) is 30.4. The number of carbonyl (C=O) groups is 1. The molecule has 0 radical (unpaired) electrons. The van der Waals surface area contributed by atoms with Crippen LogP contribution in [-0.4, -0.2) is 35.8 Å². The first-order chi connectivity index (χ1) is 20.7. The topological polar surface area (TPSA) is 71.9 Å². The number of rotatable bonds is 11. The van der Waals surface area contributed by atoms with Gasteiger partial charge in [0.1, 0.15) is 18.1 Å². The molecule has 0 atom stereocenters. The number of hydrogen-bond acceptors (Lipinski definition) is 5. The number of hydrogen-bond donors (Lipinski definition) is 1. The molecule has 2 heterocycles. The van der Waals surface area contributed by atoms with Gasteiger partial charge in [0, 0.05) is 42.0 Å². The van der Waals surface area contributed by atoms with E-state index >= 15 is 0 Å². The summed E-state index contributed by atoms with van der Waals surface area (Å²) in [6.45, 7) is 11.5. The molecule has 224 valence electrons. The van der Waals surface area contributed by atoms with E-state index in [0.717, 1.165) is 83.2 Å². The van der Waals surface area contributed by atoms with Crippen molar-refractivity contribution in [1.29, 1.82) is 0 Å². The van der Waals surface area contributed by atoms with Crippen LogP contribution >= 0.6 is 0 Å². The van der Waals surface area contributed by atoms with Gasteiger partial charge in [-0.25, -0.2) is 0 Å². The van der Waals surface area contributed by atoms with Crippen molar-refractivity contribution in [3.63, 3.8) is 0 Å². The molecule has 43 heavy (non-hydrogen) atoms. The molecule has 1 aliphatic rings. The Morgan fingerprint density at radius 3 is 2.12 bits per heavy atom. The molecule has 4 aromatic rings. The Labute approximate surface area is 255 Å². The fourth-order valence-electron chi connectivity index (χ4n) is 5.76. The van der Waals surface area contributed by atoms with Gasteiger partial charge in [-0.15, -0.1) is 0 Å². The first-order valence-electron chi connectivity index (χ1n) is 15.1. The van der Waals surface area contributed by atoms with E-state index < -0.39 is 5.97 Å². The van der Waals surface area contributed by atoms with Crippen LogP contribution in [0.2, 0.25) is 0 Å². The minimum absolute atomic E-state index is 0.0390. The molecule has 6 heteroatoms. The number of aryl methyl sites for hydroxylation is 2. The number of anilines is 1. The smallest absolute Gasteiger partial charge is 0.307 e. The summed E-state index contributed by atoms with van der Waals surface area (Å²) in [6.07, 6.45) is 2.88. The summed E-state index contributed by atoms with van der Waals surface area (Å²) < 4.78 is 12.0. The third kappa shape index (κ3) is 7.75. The average Bonchev–Trinajstić information content (AvgIpc) is 2.99. The van der Waals surface area contributed by atoms with Crippen molar-refractivity contribution in [2.75, 3.05) is 24.6 Å². The Kier molecular flexibility index (Phi) is 9.34. The number of aliphatic carboxylic acids is 1. The number of piperidine rings is 1. The molecule has 3 aromatic carbocycles. The second kappa shape index (κ2) is 13.3. The normalized spacial score (nSPS) is 14.4. The van der Waals surface area contributed by atoms with Crippen LogP contribution in [0.4, 0.5) is 5.69 Å². The van der Waals surface area contributed by atoms with E-state index in [2.05, 4.69) is 55.1 Å². The van der Waals surface area contributed by atoms with Gasteiger partial charge in [-0.2, -0.15) is 0 Å². The van der Waals surface area contributed by atoms with Crippen LogP contribution in [0.1, 0.15) is 54.8 Å². The lowest BCUT2D eigenvalue weighted by atomic mass is 9.82. The van der Waals surface area contributed by atoms with Crippen molar-refractivity contribution in [2.45, 2.75) is 60.0 Å². The van der Waals surface area contributed by atoms with Crippen molar-refractivity contribution in [1.82, 2.24) is 4.98 Å². The molecule has 6 nitrogen and oxygen atoms in total. The van der Waals surface area contributed by atoms with Gasteiger partial charge in [-0.3, -0.25) is 9.78 Å². The SMILES string of the molecule is Cc1nc(C)c(-c2ccc(OCCc3ccc(OCc4ccccc4)cc3)cc2)c(N2CCC(C)(C)CC2)c1CC(=O)O. The van der Waals surface area contributed by atoms with E-state index in [-0.39, 0.29) is 11.8 Å². The molecule has 1 aliphatic heterocycles.